The Morgan fingerprint density at radius 1 is 1.23 bits per heavy atom. The van der Waals surface area contributed by atoms with E-state index in [-0.39, 0.29) is 12.6 Å². The molecule has 0 radical (unpaired) electrons. The van der Waals surface area contributed by atoms with E-state index >= 15 is 0 Å². The molecule has 30 heavy (non-hydrogen) atoms. The molecule has 2 saturated heterocycles. The summed E-state index contributed by atoms with van der Waals surface area (Å²) in [7, 11) is 1.56. The lowest BCUT2D eigenvalue weighted by Crippen LogP contribution is -2.53. The van der Waals surface area contributed by atoms with Crippen LogP contribution in [0.5, 0.6) is 0 Å². The van der Waals surface area contributed by atoms with Crippen molar-refractivity contribution < 1.29 is 24.0 Å². The molecule has 0 spiro atoms. The third kappa shape index (κ3) is 3.01. The van der Waals surface area contributed by atoms with Crippen LogP contribution in [0, 0.1) is 5.41 Å². The number of aliphatic carboxylic acids is 1. The van der Waals surface area contributed by atoms with Crippen molar-refractivity contribution in [3.8, 4) is 0 Å². The van der Waals surface area contributed by atoms with Crippen LogP contribution >= 0.6 is 11.3 Å². The van der Waals surface area contributed by atoms with Gasteiger partial charge in [-0.05, 0) is 25.7 Å². The van der Waals surface area contributed by atoms with E-state index in [0.29, 0.717) is 62.2 Å². The molecular weight excluding hydrogens is 412 g/mol. The Bertz CT molecular complexity index is 979. The third-order valence-corrected chi connectivity index (χ3v) is 7.36. The number of amides is 2. The van der Waals surface area contributed by atoms with Gasteiger partial charge < -0.3 is 24.6 Å². The lowest BCUT2D eigenvalue weighted by Gasteiger charge is -2.49. The number of urea groups is 1. The van der Waals surface area contributed by atoms with Crippen molar-refractivity contribution in [2.75, 3.05) is 30.4 Å². The summed E-state index contributed by atoms with van der Waals surface area (Å²) in [5, 5.41) is 19.5. The number of carbonyl (C=O) groups is 2. The summed E-state index contributed by atoms with van der Waals surface area (Å²) in [6.45, 7) is 1.43. The molecule has 2 bridgehead atoms. The van der Waals surface area contributed by atoms with Crippen LogP contribution in [0.3, 0.4) is 0 Å². The first-order chi connectivity index (χ1) is 14.4. The molecule has 12 heteroatoms. The zero-order valence-electron chi connectivity index (χ0n) is 16.4. The number of ether oxygens (including phenoxy) is 1. The van der Waals surface area contributed by atoms with Crippen molar-refractivity contribution in [1.82, 2.24) is 20.4 Å². The van der Waals surface area contributed by atoms with Gasteiger partial charge in [-0.3, -0.25) is 10.1 Å². The molecule has 0 unspecified atom stereocenters. The standard InChI is InChI=1S/C18H22N6O5S/c1-19-14(27)22-15-20-10-2-7-24(8-11(10)30-15)16-21-12(23-29-16)18-5-3-17(4-6-18,9-28-18)13(25)26/h2-9H2,1H3,(H,25,26)(H2,19,20,22,27). The molecule has 0 aromatic carbocycles. The first-order valence-corrected chi connectivity index (χ1v) is 10.7. The molecule has 5 heterocycles. The molecule has 1 saturated carbocycles. The minimum Gasteiger partial charge on any atom is -0.481 e. The number of anilines is 2. The summed E-state index contributed by atoms with van der Waals surface area (Å²) in [5.41, 5.74) is -0.465. The number of fused-ring (bicyclic) bond motifs is 4. The minimum atomic E-state index is -0.788. The molecule has 3 N–H and O–H groups in total. The van der Waals surface area contributed by atoms with Gasteiger partial charge in [0.25, 0.3) is 0 Å². The maximum Gasteiger partial charge on any atom is 0.324 e. The second-order valence-corrected chi connectivity index (χ2v) is 9.12. The highest BCUT2D eigenvalue weighted by Gasteiger charge is 2.56. The van der Waals surface area contributed by atoms with Crippen LogP contribution in [-0.2, 0) is 28.1 Å². The molecule has 3 aliphatic heterocycles. The van der Waals surface area contributed by atoms with Gasteiger partial charge in [-0.15, -0.1) is 0 Å². The second-order valence-electron chi connectivity index (χ2n) is 8.03. The number of hydrogen-bond acceptors (Lipinski definition) is 9. The highest BCUT2D eigenvalue weighted by Crippen LogP contribution is 2.53. The normalized spacial score (nSPS) is 27.6. The quantitative estimate of drug-likeness (QED) is 0.655. The van der Waals surface area contributed by atoms with Crippen molar-refractivity contribution in [3.63, 3.8) is 0 Å². The number of carboxylic acid groups (broad SMARTS) is 1. The fourth-order valence-corrected chi connectivity index (χ4v) is 5.38. The van der Waals surface area contributed by atoms with E-state index in [0.717, 1.165) is 10.6 Å². The number of carboxylic acids is 1. The van der Waals surface area contributed by atoms with Crippen molar-refractivity contribution in [2.45, 2.75) is 44.2 Å². The second kappa shape index (κ2) is 6.91. The first kappa shape index (κ1) is 19.2. The van der Waals surface area contributed by atoms with Gasteiger partial charge >= 0.3 is 18.0 Å². The van der Waals surface area contributed by atoms with Crippen molar-refractivity contribution in [3.05, 3.63) is 16.4 Å². The Morgan fingerprint density at radius 2 is 2.03 bits per heavy atom. The lowest BCUT2D eigenvalue weighted by atomic mass is 9.66. The molecule has 4 aliphatic rings. The minimum absolute atomic E-state index is 0.182. The van der Waals surface area contributed by atoms with Gasteiger partial charge in [-0.2, -0.15) is 4.98 Å². The van der Waals surface area contributed by atoms with Crippen LogP contribution in [0.2, 0.25) is 0 Å². The predicted molar refractivity (Wildman–Crippen MR) is 105 cm³/mol. The zero-order valence-corrected chi connectivity index (χ0v) is 17.3. The highest BCUT2D eigenvalue weighted by molar-refractivity contribution is 7.15. The zero-order chi connectivity index (χ0) is 20.9. The molecule has 2 aromatic heterocycles. The topological polar surface area (TPSA) is 143 Å². The number of rotatable bonds is 4. The molecular formula is C18H22N6O5S. The van der Waals surface area contributed by atoms with Crippen molar-refractivity contribution in [2.24, 2.45) is 5.41 Å². The summed E-state index contributed by atoms with van der Waals surface area (Å²) in [5.74, 6) is -0.295. The summed E-state index contributed by atoms with van der Waals surface area (Å²) >= 11 is 1.43. The number of nitrogens with one attached hydrogen (secondary N) is 2. The van der Waals surface area contributed by atoms with E-state index in [2.05, 4.69) is 25.8 Å². The maximum atomic E-state index is 11.6. The number of nitrogens with zero attached hydrogens (tertiary/aromatic N) is 4. The molecule has 11 nitrogen and oxygen atoms in total. The Balaban J connectivity index is 1.30. The molecule has 1 aliphatic carbocycles. The van der Waals surface area contributed by atoms with Crippen LogP contribution in [0.1, 0.15) is 42.1 Å². The summed E-state index contributed by atoms with van der Waals surface area (Å²) in [6, 6.07) is 0.120. The number of hydrogen-bond donors (Lipinski definition) is 3. The van der Waals surface area contributed by atoms with Gasteiger partial charge in [0.2, 0.25) is 5.82 Å². The number of carbonyl (C=O) groups excluding carboxylic acids is 1. The van der Waals surface area contributed by atoms with Crippen molar-refractivity contribution >= 4 is 34.5 Å². The van der Waals surface area contributed by atoms with Gasteiger partial charge in [0.1, 0.15) is 5.60 Å². The predicted octanol–water partition coefficient (Wildman–Crippen LogP) is 1.71. The Morgan fingerprint density at radius 3 is 2.70 bits per heavy atom. The summed E-state index contributed by atoms with van der Waals surface area (Å²) in [4.78, 5) is 35.2. The average molecular weight is 434 g/mol. The Hall–Kier alpha value is -2.73. The monoisotopic (exact) mass is 434 g/mol. The van der Waals surface area contributed by atoms with Gasteiger partial charge in [0.15, 0.2) is 5.13 Å². The number of thiazole rings is 1. The van der Waals surface area contributed by atoms with Gasteiger partial charge in [-0.25, -0.2) is 9.78 Å². The average Bonchev–Trinajstić information content (AvgIpc) is 3.41. The number of aromatic nitrogens is 3. The van der Waals surface area contributed by atoms with Gasteiger partial charge in [-0.1, -0.05) is 16.5 Å². The van der Waals surface area contributed by atoms with Crippen LogP contribution in [0.15, 0.2) is 4.52 Å². The fourth-order valence-electron chi connectivity index (χ4n) is 4.36. The van der Waals surface area contributed by atoms with E-state index in [1.807, 2.05) is 4.90 Å². The molecule has 6 rings (SSSR count). The smallest absolute Gasteiger partial charge is 0.324 e. The van der Waals surface area contributed by atoms with Gasteiger partial charge in [0, 0.05) is 24.9 Å². The fraction of sp³-hybridized carbons (Fsp3) is 0.611. The lowest BCUT2D eigenvalue weighted by molar-refractivity contribution is -0.208. The SMILES string of the molecule is CNC(=O)Nc1nc2c(s1)CN(c1nc(C34CCC(C(=O)O)(CC3)CO4)no1)CC2. The van der Waals surface area contributed by atoms with E-state index in [4.69, 9.17) is 9.26 Å². The van der Waals surface area contributed by atoms with Crippen LogP contribution in [0.25, 0.3) is 0 Å². The molecule has 0 atom stereocenters. The molecule has 160 valence electrons. The van der Waals surface area contributed by atoms with E-state index in [1.165, 1.54) is 11.3 Å². The molecule has 2 aromatic rings. The summed E-state index contributed by atoms with van der Waals surface area (Å²) < 4.78 is 11.5. The maximum absolute atomic E-state index is 11.6. The summed E-state index contributed by atoms with van der Waals surface area (Å²) in [6.07, 6.45) is 2.97. The first-order valence-electron chi connectivity index (χ1n) is 9.87. The van der Waals surface area contributed by atoms with E-state index in [1.54, 1.807) is 7.05 Å². The van der Waals surface area contributed by atoms with Crippen molar-refractivity contribution in [1.29, 1.82) is 0 Å². The van der Waals surface area contributed by atoms with E-state index < -0.39 is 17.0 Å². The largest absolute Gasteiger partial charge is 0.481 e. The van der Waals surface area contributed by atoms with Crippen LogP contribution in [0.4, 0.5) is 15.9 Å². The molecule has 3 fully saturated rings. The van der Waals surface area contributed by atoms with Gasteiger partial charge in [0.05, 0.1) is 24.3 Å². The molecule has 2 amide bonds. The van der Waals surface area contributed by atoms with Crippen LogP contribution < -0.4 is 15.5 Å². The highest BCUT2D eigenvalue weighted by atomic mass is 32.1. The Kier molecular flexibility index (Phi) is 4.43. The third-order valence-electron chi connectivity index (χ3n) is 6.37. The van der Waals surface area contributed by atoms with E-state index in [9.17, 15) is 14.7 Å². The van der Waals surface area contributed by atoms with Crippen LogP contribution in [-0.4, -0.2) is 52.4 Å². The Labute approximate surface area is 175 Å².